The lowest BCUT2D eigenvalue weighted by molar-refractivity contribution is -0.225. The van der Waals surface area contributed by atoms with Crippen LogP contribution < -0.4 is 0 Å². The minimum absolute atomic E-state index is 0.0650. The van der Waals surface area contributed by atoms with Gasteiger partial charge in [-0.2, -0.15) is 0 Å². The van der Waals surface area contributed by atoms with Crippen molar-refractivity contribution in [1.82, 2.24) is 0 Å². The van der Waals surface area contributed by atoms with Crippen LogP contribution >= 0.6 is 0 Å². The Kier molecular flexibility index (Phi) is 1.97. The van der Waals surface area contributed by atoms with E-state index in [2.05, 4.69) is 0 Å². The van der Waals surface area contributed by atoms with Gasteiger partial charge >= 0.3 is 11.9 Å². The zero-order valence-corrected chi connectivity index (χ0v) is 10.5. The van der Waals surface area contributed by atoms with E-state index in [9.17, 15) is 9.59 Å². The van der Waals surface area contributed by atoms with Gasteiger partial charge in [0, 0.05) is 6.42 Å². The lowest BCUT2D eigenvalue weighted by atomic mass is 9.74. The third-order valence-electron chi connectivity index (χ3n) is 4.63. The van der Waals surface area contributed by atoms with Crippen LogP contribution in [0.2, 0.25) is 0 Å². The molecule has 0 radical (unpaired) electrons. The van der Waals surface area contributed by atoms with E-state index in [4.69, 9.17) is 9.47 Å². The minimum Gasteiger partial charge on any atom is -0.422 e. The predicted molar refractivity (Wildman–Crippen MR) is 58.7 cm³/mol. The Bertz CT molecular complexity index is 402. The fourth-order valence-corrected chi connectivity index (χ4v) is 3.82. The summed E-state index contributed by atoms with van der Waals surface area (Å²) in [4.78, 5) is 23.7. The van der Waals surface area contributed by atoms with Gasteiger partial charge in [0.05, 0.1) is 17.3 Å². The highest BCUT2D eigenvalue weighted by Gasteiger charge is 2.73. The zero-order valence-electron chi connectivity index (χ0n) is 10.5. The quantitative estimate of drug-likeness (QED) is 0.689. The number of ether oxygens (including phenoxy) is 2. The van der Waals surface area contributed by atoms with Crippen molar-refractivity contribution in [2.75, 3.05) is 0 Å². The molecule has 1 heterocycles. The molecule has 3 aliphatic rings. The lowest BCUT2D eigenvalue weighted by Gasteiger charge is -2.33. The van der Waals surface area contributed by atoms with Crippen molar-refractivity contribution < 1.29 is 19.1 Å². The molecule has 2 bridgehead atoms. The van der Waals surface area contributed by atoms with Crippen LogP contribution in [0, 0.1) is 23.2 Å². The fourth-order valence-electron chi connectivity index (χ4n) is 3.82. The van der Waals surface area contributed by atoms with Gasteiger partial charge in [-0.25, -0.2) is 0 Å². The van der Waals surface area contributed by atoms with E-state index in [0.29, 0.717) is 12.3 Å². The Labute approximate surface area is 101 Å². The Hall–Kier alpha value is -1.06. The molecule has 2 aliphatic carbocycles. The van der Waals surface area contributed by atoms with Crippen LogP contribution in [0.3, 0.4) is 0 Å². The maximum absolute atomic E-state index is 12.0. The van der Waals surface area contributed by atoms with E-state index >= 15 is 0 Å². The molecule has 17 heavy (non-hydrogen) atoms. The van der Waals surface area contributed by atoms with Gasteiger partial charge in [0.25, 0.3) is 5.79 Å². The van der Waals surface area contributed by atoms with E-state index in [-0.39, 0.29) is 23.8 Å². The Morgan fingerprint density at radius 3 is 2.76 bits per heavy atom. The maximum Gasteiger partial charge on any atom is 0.315 e. The van der Waals surface area contributed by atoms with E-state index in [1.54, 1.807) is 13.8 Å². The first kappa shape index (κ1) is 11.1. The second kappa shape index (κ2) is 3.03. The van der Waals surface area contributed by atoms with Crippen molar-refractivity contribution in [2.45, 2.75) is 45.8 Å². The van der Waals surface area contributed by atoms with Crippen LogP contribution in [0.25, 0.3) is 0 Å². The van der Waals surface area contributed by atoms with Crippen LogP contribution in [0.4, 0.5) is 0 Å². The van der Waals surface area contributed by atoms with Gasteiger partial charge in [0.1, 0.15) is 0 Å². The van der Waals surface area contributed by atoms with Crippen LogP contribution in [0.1, 0.15) is 40.0 Å². The summed E-state index contributed by atoms with van der Waals surface area (Å²) in [5, 5.41) is 0. The third kappa shape index (κ3) is 1.24. The van der Waals surface area contributed by atoms with Crippen molar-refractivity contribution in [3.8, 4) is 0 Å². The highest BCUT2D eigenvalue weighted by atomic mass is 16.7. The molecule has 1 saturated heterocycles. The maximum atomic E-state index is 12.0. The second-order valence-electron chi connectivity index (χ2n) is 6.26. The van der Waals surface area contributed by atoms with E-state index in [1.165, 1.54) is 0 Å². The van der Waals surface area contributed by atoms with Gasteiger partial charge in [0.2, 0.25) is 0 Å². The second-order valence-corrected chi connectivity index (χ2v) is 6.26. The van der Waals surface area contributed by atoms with Crippen LogP contribution in [-0.4, -0.2) is 17.7 Å². The van der Waals surface area contributed by atoms with Gasteiger partial charge in [-0.3, -0.25) is 9.59 Å². The number of hydrogen-bond acceptors (Lipinski definition) is 4. The molecule has 3 rings (SSSR count). The number of carbonyl (C=O) groups is 2. The highest BCUT2D eigenvalue weighted by Crippen LogP contribution is 2.66. The van der Waals surface area contributed by atoms with Gasteiger partial charge in [0.15, 0.2) is 0 Å². The largest absolute Gasteiger partial charge is 0.422 e. The standard InChI is InChI=1S/C13H18O4/c1-7(2)10(14)16-13-6-8-4-9(13)12(3,5-8)11(15)17-13/h7-9H,4-6H2,1-3H3. The van der Waals surface area contributed by atoms with Gasteiger partial charge in [-0.15, -0.1) is 0 Å². The molecule has 0 aromatic heterocycles. The van der Waals surface area contributed by atoms with E-state index in [0.717, 1.165) is 12.8 Å². The number of carbonyl (C=O) groups excluding carboxylic acids is 2. The van der Waals surface area contributed by atoms with Crippen LogP contribution in [0.15, 0.2) is 0 Å². The summed E-state index contributed by atoms with van der Waals surface area (Å²) < 4.78 is 11.0. The summed E-state index contributed by atoms with van der Waals surface area (Å²) in [7, 11) is 0. The van der Waals surface area contributed by atoms with Crippen molar-refractivity contribution in [3.63, 3.8) is 0 Å². The average Bonchev–Trinajstić information content (AvgIpc) is 2.74. The first-order chi connectivity index (χ1) is 7.87. The highest BCUT2D eigenvalue weighted by molar-refractivity contribution is 5.82. The summed E-state index contributed by atoms with van der Waals surface area (Å²) in [6.45, 7) is 5.54. The number of esters is 2. The molecule has 0 N–H and O–H groups in total. The molecule has 4 heteroatoms. The van der Waals surface area contributed by atoms with Gasteiger partial charge in [-0.05, 0) is 25.7 Å². The summed E-state index contributed by atoms with van der Waals surface area (Å²) in [6.07, 6.45) is 2.53. The van der Waals surface area contributed by atoms with Gasteiger partial charge < -0.3 is 9.47 Å². The zero-order chi connectivity index (χ0) is 12.4. The molecular formula is C13H18O4. The normalized spacial score (nSPS) is 46.5. The smallest absolute Gasteiger partial charge is 0.315 e. The Morgan fingerprint density at radius 1 is 1.47 bits per heavy atom. The fraction of sp³-hybridized carbons (Fsp3) is 0.846. The predicted octanol–water partition coefficient (Wildman–Crippen LogP) is 1.87. The van der Waals surface area contributed by atoms with Crippen molar-refractivity contribution in [3.05, 3.63) is 0 Å². The molecule has 4 unspecified atom stereocenters. The monoisotopic (exact) mass is 238 g/mol. The van der Waals surface area contributed by atoms with Crippen molar-refractivity contribution >= 4 is 11.9 Å². The summed E-state index contributed by atoms with van der Waals surface area (Å²) in [6, 6.07) is 0. The number of rotatable bonds is 2. The SMILES string of the molecule is CC(C)C(=O)OC12CC3CC1C(C)(C3)C(=O)O2. The topological polar surface area (TPSA) is 52.6 Å². The summed E-state index contributed by atoms with van der Waals surface area (Å²) in [5.41, 5.74) is -0.416. The first-order valence-electron chi connectivity index (χ1n) is 6.34. The summed E-state index contributed by atoms with van der Waals surface area (Å²) >= 11 is 0. The minimum atomic E-state index is -0.934. The van der Waals surface area contributed by atoms with E-state index in [1.807, 2.05) is 6.92 Å². The van der Waals surface area contributed by atoms with Gasteiger partial charge in [-0.1, -0.05) is 13.8 Å². The molecule has 4 atom stereocenters. The molecule has 2 saturated carbocycles. The van der Waals surface area contributed by atoms with Crippen molar-refractivity contribution in [1.29, 1.82) is 0 Å². The average molecular weight is 238 g/mol. The van der Waals surface area contributed by atoms with Crippen molar-refractivity contribution in [2.24, 2.45) is 23.2 Å². The third-order valence-corrected chi connectivity index (χ3v) is 4.63. The number of fused-ring (bicyclic) bond motifs is 1. The Balaban J connectivity index is 1.90. The number of hydrogen-bond donors (Lipinski definition) is 0. The molecule has 0 aromatic carbocycles. The molecule has 0 amide bonds. The Morgan fingerprint density at radius 2 is 2.18 bits per heavy atom. The molecule has 4 nitrogen and oxygen atoms in total. The molecule has 3 fully saturated rings. The molecule has 0 spiro atoms. The molecule has 94 valence electrons. The molecular weight excluding hydrogens is 220 g/mol. The molecule has 0 aromatic rings. The first-order valence-corrected chi connectivity index (χ1v) is 6.34. The lowest BCUT2D eigenvalue weighted by Crippen LogP contribution is -2.42. The van der Waals surface area contributed by atoms with E-state index < -0.39 is 11.2 Å². The summed E-state index contributed by atoms with van der Waals surface area (Å²) in [5.74, 6) is -1.04. The van der Waals surface area contributed by atoms with Crippen LogP contribution in [0.5, 0.6) is 0 Å². The molecule has 1 aliphatic heterocycles. The van der Waals surface area contributed by atoms with Crippen LogP contribution in [-0.2, 0) is 19.1 Å².